The van der Waals surface area contributed by atoms with Gasteiger partial charge in [-0.15, -0.1) is 6.42 Å². The van der Waals surface area contributed by atoms with E-state index in [4.69, 9.17) is 11.2 Å². The number of nitrogens with one attached hydrogen (secondary N) is 1. The Morgan fingerprint density at radius 2 is 2.11 bits per heavy atom. The Morgan fingerprint density at radius 3 is 2.63 bits per heavy atom. The summed E-state index contributed by atoms with van der Waals surface area (Å²) in [5.41, 5.74) is 0.566. The number of benzene rings is 1. The number of amides is 1. The molecule has 19 heavy (non-hydrogen) atoms. The van der Waals surface area contributed by atoms with Gasteiger partial charge in [-0.1, -0.05) is 5.92 Å². The van der Waals surface area contributed by atoms with Crippen LogP contribution in [0.3, 0.4) is 0 Å². The van der Waals surface area contributed by atoms with Crippen LogP contribution in [-0.2, 0) is 4.74 Å². The van der Waals surface area contributed by atoms with Gasteiger partial charge in [0, 0.05) is 17.2 Å². The second-order valence-corrected chi connectivity index (χ2v) is 5.29. The standard InChI is InChI=1S/C15H19NO3/c1-6-10(2)12-9-11(7-8-13(12)17)16-14(18)19-15(3,4)5/h1,7-10,17H,2-5H3,(H,16,18). The van der Waals surface area contributed by atoms with E-state index in [-0.39, 0.29) is 11.7 Å². The molecule has 1 aromatic carbocycles. The molecule has 4 nitrogen and oxygen atoms in total. The van der Waals surface area contributed by atoms with Crippen LogP contribution in [0.1, 0.15) is 39.2 Å². The highest BCUT2D eigenvalue weighted by Gasteiger charge is 2.17. The van der Waals surface area contributed by atoms with Gasteiger partial charge in [0.1, 0.15) is 11.4 Å². The SMILES string of the molecule is C#CC(C)c1cc(NC(=O)OC(C)(C)C)ccc1O. The number of anilines is 1. The average Bonchev–Trinajstić information content (AvgIpc) is 2.28. The van der Waals surface area contributed by atoms with E-state index in [1.807, 2.05) is 0 Å². The molecule has 1 unspecified atom stereocenters. The van der Waals surface area contributed by atoms with Crippen LogP contribution in [0.15, 0.2) is 18.2 Å². The average molecular weight is 261 g/mol. The Balaban J connectivity index is 2.86. The molecule has 0 saturated heterocycles. The van der Waals surface area contributed by atoms with Gasteiger partial charge in [-0.05, 0) is 45.9 Å². The summed E-state index contributed by atoms with van der Waals surface area (Å²) in [5, 5.41) is 12.3. The number of aromatic hydroxyl groups is 1. The van der Waals surface area contributed by atoms with Gasteiger partial charge in [-0.25, -0.2) is 4.79 Å². The van der Waals surface area contributed by atoms with Crippen molar-refractivity contribution in [3.05, 3.63) is 23.8 Å². The predicted octanol–water partition coefficient (Wildman–Crippen LogP) is 3.48. The van der Waals surface area contributed by atoms with Crippen molar-refractivity contribution < 1.29 is 14.6 Å². The highest BCUT2D eigenvalue weighted by Crippen LogP contribution is 2.28. The second-order valence-electron chi connectivity index (χ2n) is 5.29. The molecule has 0 aliphatic heterocycles. The molecule has 0 fully saturated rings. The van der Waals surface area contributed by atoms with Crippen molar-refractivity contribution in [2.45, 2.75) is 39.2 Å². The Morgan fingerprint density at radius 1 is 1.47 bits per heavy atom. The van der Waals surface area contributed by atoms with Crippen LogP contribution in [-0.4, -0.2) is 16.8 Å². The zero-order valence-corrected chi connectivity index (χ0v) is 11.7. The number of terminal acetylenes is 1. The van der Waals surface area contributed by atoms with Crippen molar-refractivity contribution in [2.75, 3.05) is 5.32 Å². The summed E-state index contributed by atoms with van der Waals surface area (Å²) in [6, 6.07) is 4.73. The molecule has 4 heteroatoms. The Hall–Kier alpha value is -2.15. The molecule has 1 amide bonds. The zero-order valence-electron chi connectivity index (χ0n) is 11.7. The molecule has 0 aliphatic rings. The van der Waals surface area contributed by atoms with Gasteiger partial charge in [0.25, 0.3) is 0 Å². The number of carbonyl (C=O) groups excluding carboxylic acids is 1. The number of hydrogen-bond acceptors (Lipinski definition) is 3. The van der Waals surface area contributed by atoms with E-state index in [0.29, 0.717) is 11.3 Å². The second kappa shape index (κ2) is 5.66. The van der Waals surface area contributed by atoms with Crippen molar-refractivity contribution in [1.82, 2.24) is 0 Å². The number of hydrogen-bond donors (Lipinski definition) is 2. The number of ether oxygens (including phenoxy) is 1. The largest absolute Gasteiger partial charge is 0.508 e. The van der Waals surface area contributed by atoms with Gasteiger partial charge < -0.3 is 9.84 Å². The zero-order chi connectivity index (χ0) is 14.6. The van der Waals surface area contributed by atoms with Gasteiger partial charge >= 0.3 is 6.09 Å². The summed E-state index contributed by atoms with van der Waals surface area (Å²) in [4.78, 5) is 11.6. The highest BCUT2D eigenvalue weighted by atomic mass is 16.6. The molecule has 0 bridgehead atoms. The first-order chi connectivity index (χ1) is 8.73. The van der Waals surface area contributed by atoms with Gasteiger partial charge in [0.15, 0.2) is 0 Å². The van der Waals surface area contributed by atoms with E-state index in [2.05, 4.69) is 11.2 Å². The van der Waals surface area contributed by atoms with Crippen LogP contribution >= 0.6 is 0 Å². The molecule has 102 valence electrons. The van der Waals surface area contributed by atoms with Gasteiger partial charge in [-0.3, -0.25) is 5.32 Å². The molecule has 2 N–H and O–H groups in total. The molecule has 0 aliphatic carbocycles. The topological polar surface area (TPSA) is 58.6 Å². The van der Waals surface area contributed by atoms with Gasteiger partial charge in [0.2, 0.25) is 0 Å². The smallest absolute Gasteiger partial charge is 0.412 e. The van der Waals surface area contributed by atoms with Crippen LogP contribution in [0.4, 0.5) is 10.5 Å². The third-order valence-electron chi connectivity index (χ3n) is 2.39. The van der Waals surface area contributed by atoms with Crippen molar-refractivity contribution in [1.29, 1.82) is 0 Å². The third kappa shape index (κ3) is 4.55. The van der Waals surface area contributed by atoms with Gasteiger partial charge in [0.05, 0.1) is 0 Å². The first kappa shape index (κ1) is 14.9. The number of phenols is 1. The van der Waals surface area contributed by atoms with E-state index in [1.54, 1.807) is 39.8 Å². The lowest BCUT2D eigenvalue weighted by molar-refractivity contribution is 0.0636. The van der Waals surface area contributed by atoms with Crippen molar-refractivity contribution in [3.8, 4) is 18.1 Å². The normalized spacial score (nSPS) is 12.4. The lowest BCUT2D eigenvalue weighted by Crippen LogP contribution is -2.27. The molecule has 0 spiro atoms. The highest BCUT2D eigenvalue weighted by molar-refractivity contribution is 5.85. The quantitative estimate of drug-likeness (QED) is 0.633. The third-order valence-corrected chi connectivity index (χ3v) is 2.39. The summed E-state index contributed by atoms with van der Waals surface area (Å²) in [6.07, 6.45) is 4.79. The van der Waals surface area contributed by atoms with Crippen LogP contribution in [0.5, 0.6) is 5.75 Å². The fourth-order valence-electron chi connectivity index (χ4n) is 1.49. The molecular formula is C15H19NO3. The lowest BCUT2D eigenvalue weighted by atomic mass is 10.0. The summed E-state index contributed by atoms with van der Waals surface area (Å²) in [7, 11) is 0. The first-order valence-corrected chi connectivity index (χ1v) is 6.02. The Kier molecular flexibility index (Phi) is 4.44. The maximum absolute atomic E-state index is 11.6. The maximum Gasteiger partial charge on any atom is 0.412 e. The summed E-state index contributed by atoms with van der Waals surface area (Å²) < 4.78 is 5.15. The summed E-state index contributed by atoms with van der Waals surface area (Å²) in [5.74, 6) is 2.41. The van der Waals surface area contributed by atoms with Crippen LogP contribution in [0.2, 0.25) is 0 Å². The van der Waals surface area contributed by atoms with Crippen molar-refractivity contribution >= 4 is 11.8 Å². The molecule has 0 saturated carbocycles. The first-order valence-electron chi connectivity index (χ1n) is 6.02. The number of phenolic OH excluding ortho intramolecular Hbond substituents is 1. The van der Waals surface area contributed by atoms with E-state index in [9.17, 15) is 9.90 Å². The lowest BCUT2D eigenvalue weighted by Gasteiger charge is -2.20. The number of carbonyl (C=O) groups is 1. The van der Waals surface area contributed by atoms with Crippen molar-refractivity contribution in [2.24, 2.45) is 0 Å². The fraction of sp³-hybridized carbons (Fsp3) is 0.400. The van der Waals surface area contributed by atoms with Crippen molar-refractivity contribution in [3.63, 3.8) is 0 Å². The monoisotopic (exact) mass is 261 g/mol. The summed E-state index contributed by atoms with van der Waals surface area (Å²) >= 11 is 0. The Labute approximate surface area is 113 Å². The van der Waals surface area contributed by atoms with Crippen LogP contribution < -0.4 is 5.32 Å². The van der Waals surface area contributed by atoms with E-state index >= 15 is 0 Å². The van der Waals surface area contributed by atoms with E-state index in [1.165, 1.54) is 6.07 Å². The molecule has 1 aromatic rings. The van der Waals surface area contributed by atoms with E-state index < -0.39 is 11.7 Å². The van der Waals surface area contributed by atoms with E-state index in [0.717, 1.165) is 0 Å². The minimum atomic E-state index is -0.560. The van der Waals surface area contributed by atoms with Crippen LogP contribution in [0.25, 0.3) is 0 Å². The summed E-state index contributed by atoms with van der Waals surface area (Å²) in [6.45, 7) is 7.16. The molecule has 0 heterocycles. The van der Waals surface area contributed by atoms with Gasteiger partial charge in [-0.2, -0.15) is 0 Å². The number of rotatable bonds is 2. The predicted molar refractivity (Wildman–Crippen MR) is 75.2 cm³/mol. The minimum absolute atomic E-state index is 0.111. The fourth-order valence-corrected chi connectivity index (χ4v) is 1.49. The molecule has 1 rings (SSSR count). The molecule has 0 aromatic heterocycles. The molecule has 0 radical (unpaired) electrons. The van der Waals surface area contributed by atoms with Crippen LogP contribution in [0, 0.1) is 12.3 Å². The maximum atomic E-state index is 11.6. The Bertz CT molecular complexity index is 509. The minimum Gasteiger partial charge on any atom is -0.508 e. The molecule has 1 atom stereocenters. The molecular weight excluding hydrogens is 242 g/mol.